The second-order valence-electron chi connectivity index (χ2n) is 9.07. The molecule has 0 radical (unpaired) electrons. The Morgan fingerprint density at radius 3 is 2.50 bits per heavy atom. The summed E-state index contributed by atoms with van der Waals surface area (Å²) in [5.74, 6) is 0.928. The van der Waals surface area contributed by atoms with Crippen molar-refractivity contribution in [3.05, 3.63) is 75.5 Å². The zero-order valence-corrected chi connectivity index (χ0v) is 18.4. The number of nitrogens with zero attached hydrogens (tertiary/aromatic N) is 7. The van der Waals surface area contributed by atoms with Crippen LogP contribution in [0.2, 0.25) is 0 Å². The normalized spacial score (nSPS) is 20.6. The van der Waals surface area contributed by atoms with Crippen molar-refractivity contribution < 1.29 is 4.39 Å². The molecule has 0 aromatic carbocycles. The Bertz CT molecular complexity index is 1480. The highest BCUT2D eigenvalue weighted by atomic mass is 19.1. The standard InChI is InChI=1S/C24H21FN8O/c1-12(14-4-7-18(27-9-14)13-2-3-13)33-23-20(19(8-26)32-33)24(34)31-22(30-23)17-6-5-16(17)21-28-10-15(25)11-29-21/h4,7,9-13,16-17H,2-3,5-6H2,1H3,(H,30,31,34)/t12-,16-,17-/m0/s1. The first-order chi connectivity index (χ1) is 16.5. The van der Waals surface area contributed by atoms with Crippen LogP contribution in [-0.4, -0.2) is 34.7 Å². The second-order valence-corrected chi connectivity index (χ2v) is 9.07. The summed E-state index contributed by atoms with van der Waals surface area (Å²) in [6, 6.07) is 5.81. The molecule has 0 spiro atoms. The number of aromatic nitrogens is 7. The Balaban J connectivity index is 1.40. The van der Waals surface area contributed by atoms with E-state index >= 15 is 0 Å². The van der Waals surface area contributed by atoms with Crippen LogP contribution in [0.1, 0.15) is 85.0 Å². The molecule has 2 aliphatic rings. The smallest absolute Gasteiger partial charge is 0.263 e. The van der Waals surface area contributed by atoms with Gasteiger partial charge in [0.2, 0.25) is 0 Å². The van der Waals surface area contributed by atoms with Crippen molar-refractivity contribution in [2.75, 3.05) is 0 Å². The van der Waals surface area contributed by atoms with Gasteiger partial charge in [-0.15, -0.1) is 0 Å². The lowest BCUT2D eigenvalue weighted by molar-refractivity contribution is 0.318. The number of aromatic amines is 1. The van der Waals surface area contributed by atoms with Gasteiger partial charge in [0.1, 0.15) is 23.1 Å². The number of halogens is 1. The van der Waals surface area contributed by atoms with Gasteiger partial charge in [0.15, 0.2) is 17.2 Å². The number of fused-ring (bicyclic) bond motifs is 1. The van der Waals surface area contributed by atoms with Crippen molar-refractivity contribution >= 4 is 11.0 Å². The molecule has 2 aliphatic carbocycles. The molecule has 0 aliphatic heterocycles. The van der Waals surface area contributed by atoms with E-state index in [1.165, 1.54) is 12.8 Å². The van der Waals surface area contributed by atoms with Gasteiger partial charge in [-0.1, -0.05) is 6.07 Å². The number of hydrogen-bond donors (Lipinski definition) is 1. The van der Waals surface area contributed by atoms with Crippen LogP contribution >= 0.6 is 0 Å². The summed E-state index contributed by atoms with van der Waals surface area (Å²) in [5, 5.41) is 14.2. The van der Waals surface area contributed by atoms with E-state index in [-0.39, 0.29) is 29.0 Å². The zero-order chi connectivity index (χ0) is 23.4. The maximum Gasteiger partial charge on any atom is 0.263 e. The fraction of sp³-hybridized carbons (Fsp3) is 0.375. The van der Waals surface area contributed by atoms with Crippen LogP contribution in [0.3, 0.4) is 0 Å². The molecule has 0 unspecified atom stereocenters. The molecule has 0 saturated heterocycles. The summed E-state index contributed by atoms with van der Waals surface area (Å²) in [7, 11) is 0. The van der Waals surface area contributed by atoms with Gasteiger partial charge in [-0.2, -0.15) is 10.4 Å². The van der Waals surface area contributed by atoms with Crippen LogP contribution in [0.5, 0.6) is 0 Å². The van der Waals surface area contributed by atoms with E-state index < -0.39 is 11.4 Å². The Hall–Kier alpha value is -4.00. The third-order valence-electron chi connectivity index (χ3n) is 6.94. The summed E-state index contributed by atoms with van der Waals surface area (Å²) < 4.78 is 14.9. The lowest BCUT2D eigenvalue weighted by atomic mass is 9.72. The van der Waals surface area contributed by atoms with Crippen molar-refractivity contribution in [3.8, 4) is 6.07 Å². The average molecular weight is 456 g/mol. The first-order valence-corrected chi connectivity index (χ1v) is 11.4. The minimum atomic E-state index is -0.492. The lowest BCUT2D eigenvalue weighted by Crippen LogP contribution is -2.28. The van der Waals surface area contributed by atoms with Gasteiger partial charge in [-0.05, 0) is 44.2 Å². The van der Waals surface area contributed by atoms with Crippen LogP contribution in [0.4, 0.5) is 4.39 Å². The van der Waals surface area contributed by atoms with E-state index in [2.05, 4.69) is 25.0 Å². The molecule has 2 saturated carbocycles. The molecule has 4 heterocycles. The molecular formula is C24H21FN8O. The second kappa shape index (κ2) is 7.80. The van der Waals surface area contributed by atoms with Gasteiger partial charge in [-0.25, -0.2) is 24.0 Å². The molecule has 34 heavy (non-hydrogen) atoms. The van der Waals surface area contributed by atoms with Crippen LogP contribution in [-0.2, 0) is 0 Å². The largest absolute Gasteiger partial charge is 0.310 e. The Morgan fingerprint density at radius 1 is 1.12 bits per heavy atom. The summed E-state index contributed by atoms with van der Waals surface area (Å²) in [6.45, 7) is 1.95. The SMILES string of the molecule is C[C@@H](c1ccc(C2CC2)nc1)n1nc(C#N)c2c(=O)[nH]c([C@H]3CC[C@@H]3c3ncc(F)cn3)nc21. The fourth-order valence-corrected chi connectivity index (χ4v) is 4.66. The number of pyridine rings is 1. The molecule has 4 aromatic heterocycles. The highest BCUT2D eigenvalue weighted by Crippen LogP contribution is 2.46. The summed E-state index contributed by atoms with van der Waals surface area (Å²) in [5.41, 5.74) is 2.01. The highest BCUT2D eigenvalue weighted by Gasteiger charge is 2.38. The quantitative estimate of drug-likeness (QED) is 0.487. The highest BCUT2D eigenvalue weighted by molar-refractivity contribution is 5.80. The Kier molecular flexibility index (Phi) is 4.72. The van der Waals surface area contributed by atoms with Crippen LogP contribution < -0.4 is 5.56 Å². The Morgan fingerprint density at radius 2 is 1.88 bits per heavy atom. The average Bonchev–Trinajstić information content (AvgIpc) is 3.60. The third-order valence-corrected chi connectivity index (χ3v) is 6.94. The maximum absolute atomic E-state index is 13.3. The number of H-pyrrole nitrogens is 1. The molecule has 10 heteroatoms. The van der Waals surface area contributed by atoms with Crippen molar-refractivity contribution in [1.29, 1.82) is 5.26 Å². The van der Waals surface area contributed by atoms with Gasteiger partial charge in [-0.3, -0.25) is 9.78 Å². The van der Waals surface area contributed by atoms with Crippen molar-refractivity contribution in [2.45, 2.75) is 56.4 Å². The molecule has 0 amide bonds. The molecular weight excluding hydrogens is 435 g/mol. The van der Waals surface area contributed by atoms with Gasteiger partial charge in [0.25, 0.3) is 5.56 Å². The van der Waals surface area contributed by atoms with Crippen LogP contribution in [0, 0.1) is 17.1 Å². The van der Waals surface area contributed by atoms with Crippen molar-refractivity contribution in [2.24, 2.45) is 0 Å². The monoisotopic (exact) mass is 456 g/mol. The number of rotatable bonds is 5. The van der Waals surface area contributed by atoms with Crippen LogP contribution in [0.15, 0.2) is 35.5 Å². The van der Waals surface area contributed by atoms with Gasteiger partial charge in [0.05, 0.1) is 18.4 Å². The van der Waals surface area contributed by atoms with E-state index in [0.717, 1.165) is 36.5 Å². The lowest BCUT2D eigenvalue weighted by Gasteiger charge is -2.34. The molecule has 2 fully saturated rings. The van der Waals surface area contributed by atoms with Crippen LogP contribution in [0.25, 0.3) is 11.0 Å². The number of hydrogen-bond acceptors (Lipinski definition) is 7. The summed E-state index contributed by atoms with van der Waals surface area (Å²) in [4.78, 5) is 33.4. The van der Waals surface area contributed by atoms with E-state index in [9.17, 15) is 14.4 Å². The molecule has 170 valence electrons. The summed E-state index contributed by atoms with van der Waals surface area (Å²) >= 11 is 0. The predicted octanol–water partition coefficient (Wildman–Crippen LogP) is 3.46. The molecule has 3 atom stereocenters. The molecule has 9 nitrogen and oxygen atoms in total. The predicted molar refractivity (Wildman–Crippen MR) is 120 cm³/mol. The van der Waals surface area contributed by atoms with Gasteiger partial charge >= 0.3 is 0 Å². The van der Waals surface area contributed by atoms with Crippen molar-refractivity contribution in [3.63, 3.8) is 0 Å². The number of nitrogens with one attached hydrogen (secondary N) is 1. The molecule has 6 rings (SSSR count). The molecule has 1 N–H and O–H groups in total. The summed E-state index contributed by atoms with van der Waals surface area (Å²) in [6.07, 6.45) is 8.10. The minimum Gasteiger partial charge on any atom is -0.310 e. The van der Waals surface area contributed by atoms with Crippen molar-refractivity contribution in [1.82, 2.24) is 34.7 Å². The topological polar surface area (TPSA) is 126 Å². The first kappa shape index (κ1) is 20.6. The number of nitriles is 1. The first-order valence-electron chi connectivity index (χ1n) is 11.4. The molecule has 4 aromatic rings. The van der Waals surface area contributed by atoms with E-state index in [1.54, 1.807) is 4.68 Å². The molecule has 0 bridgehead atoms. The third kappa shape index (κ3) is 3.36. The Labute approximate surface area is 193 Å². The zero-order valence-electron chi connectivity index (χ0n) is 18.4. The van der Waals surface area contributed by atoms with E-state index in [1.807, 2.05) is 31.3 Å². The fourth-order valence-electron chi connectivity index (χ4n) is 4.66. The van der Waals surface area contributed by atoms with Gasteiger partial charge < -0.3 is 4.98 Å². The minimum absolute atomic E-state index is 0.0386. The maximum atomic E-state index is 13.3. The van der Waals surface area contributed by atoms with E-state index in [0.29, 0.717) is 23.2 Å². The van der Waals surface area contributed by atoms with E-state index in [4.69, 9.17) is 4.98 Å². The van der Waals surface area contributed by atoms with Gasteiger partial charge in [0, 0.05) is 29.6 Å².